The lowest BCUT2D eigenvalue weighted by molar-refractivity contribution is 0.0694. The number of thioether (sulfide) groups is 1. The molecule has 9 heteroatoms. The zero-order valence-corrected chi connectivity index (χ0v) is 11.7. The summed E-state index contributed by atoms with van der Waals surface area (Å²) in [5, 5.41) is 26.6. The van der Waals surface area contributed by atoms with Gasteiger partial charge >= 0.3 is 13.1 Å². The van der Waals surface area contributed by atoms with Crippen molar-refractivity contribution >= 4 is 36.2 Å². The zero-order valence-electron chi connectivity index (χ0n) is 10.1. The number of carboxylic acid groups (broad SMARTS) is 1. The van der Waals surface area contributed by atoms with E-state index < -0.39 is 13.1 Å². The molecule has 0 radical (unpaired) electrons. The lowest BCUT2D eigenvalue weighted by Crippen LogP contribution is -2.40. The third-order valence-corrected chi connectivity index (χ3v) is 4.94. The molecular weight excluding hydrogens is 299 g/mol. The molecule has 0 saturated carbocycles. The molecule has 1 aliphatic heterocycles. The Balaban J connectivity index is 1.87. The Hall–Kier alpha value is -1.58. The van der Waals surface area contributed by atoms with Crippen molar-refractivity contribution in [2.75, 3.05) is 0 Å². The molecule has 0 unspecified atom stereocenters. The Bertz CT molecular complexity index is 637. The SMILES string of the molecule is O=C(O)c1cccc2c1OB(O)[C@@H](Sc1nncs1)C2. The molecule has 1 aromatic carbocycles. The van der Waals surface area contributed by atoms with E-state index in [-0.39, 0.29) is 16.5 Å². The van der Waals surface area contributed by atoms with Crippen molar-refractivity contribution in [2.45, 2.75) is 15.9 Å². The highest BCUT2D eigenvalue weighted by Gasteiger charge is 2.37. The van der Waals surface area contributed by atoms with E-state index in [1.165, 1.54) is 29.2 Å². The van der Waals surface area contributed by atoms with Gasteiger partial charge in [-0.25, -0.2) is 4.79 Å². The van der Waals surface area contributed by atoms with Crippen LogP contribution >= 0.6 is 23.1 Å². The van der Waals surface area contributed by atoms with E-state index >= 15 is 0 Å². The van der Waals surface area contributed by atoms with Gasteiger partial charge in [0.2, 0.25) is 0 Å². The van der Waals surface area contributed by atoms with Gasteiger partial charge in [0.15, 0.2) is 4.34 Å². The first-order valence-electron chi connectivity index (χ1n) is 5.78. The summed E-state index contributed by atoms with van der Waals surface area (Å²) in [6.07, 6.45) is 0.516. The summed E-state index contributed by atoms with van der Waals surface area (Å²) in [4.78, 5) is 11.1. The normalized spacial score (nSPS) is 17.4. The van der Waals surface area contributed by atoms with Crippen LogP contribution in [0.3, 0.4) is 0 Å². The van der Waals surface area contributed by atoms with E-state index in [2.05, 4.69) is 10.2 Å². The summed E-state index contributed by atoms with van der Waals surface area (Å²) in [7, 11) is -1.07. The van der Waals surface area contributed by atoms with Gasteiger partial charge in [-0.15, -0.1) is 10.2 Å². The Kier molecular flexibility index (Phi) is 3.64. The van der Waals surface area contributed by atoms with Crippen molar-refractivity contribution in [1.82, 2.24) is 10.2 Å². The topological polar surface area (TPSA) is 92.5 Å². The maximum atomic E-state index is 11.1. The quantitative estimate of drug-likeness (QED) is 0.827. The molecule has 102 valence electrons. The summed E-state index contributed by atoms with van der Waals surface area (Å²) in [6.45, 7) is 0. The summed E-state index contributed by atoms with van der Waals surface area (Å²) < 4.78 is 6.14. The molecule has 20 heavy (non-hydrogen) atoms. The summed E-state index contributed by atoms with van der Waals surface area (Å²) in [6, 6.07) is 4.95. The van der Waals surface area contributed by atoms with Gasteiger partial charge in [-0.3, -0.25) is 0 Å². The second-order valence-electron chi connectivity index (χ2n) is 4.17. The first-order chi connectivity index (χ1) is 9.65. The van der Waals surface area contributed by atoms with Gasteiger partial charge in [-0.2, -0.15) is 0 Å². The first-order valence-corrected chi connectivity index (χ1v) is 7.54. The van der Waals surface area contributed by atoms with Crippen LogP contribution in [0.15, 0.2) is 28.0 Å². The molecule has 0 aliphatic carbocycles. The maximum absolute atomic E-state index is 11.1. The highest BCUT2D eigenvalue weighted by molar-refractivity contribution is 8.02. The predicted molar refractivity (Wildman–Crippen MR) is 75.3 cm³/mol. The number of aromatic nitrogens is 2. The molecule has 2 heterocycles. The van der Waals surface area contributed by atoms with Crippen molar-refractivity contribution in [1.29, 1.82) is 0 Å². The molecule has 0 amide bonds. The predicted octanol–water partition coefficient (Wildman–Crippen LogP) is 1.35. The number of benzene rings is 1. The van der Waals surface area contributed by atoms with E-state index in [1.54, 1.807) is 17.6 Å². The van der Waals surface area contributed by atoms with E-state index in [4.69, 9.17) is 9.76 Å². The number of fused-ring (bicyclic) bond motifs is 1. The van der Waals surface area contributed by atoms with Crippen LogP contribution in [-0.4, -0.2) is 38.6 Å². The van der Waals surface area contributed by atoms with Crippen molar-refractivity contribution in [3.8, 4) is 5.75 Å². The fourth-order valence-electron chi connectivity index (χ4n) is 2.01. The van der Waals surface area contributed by atoms with E-state index in [9.17, 15) is 9.82 Å². The fraction of sp³-hybridized carbons (Fsp3) is 0.182. The Morgan fingerprint density at radius 3 is 3.10 bits per heavy atom. The molecule has 0 saturated heterocycles. The lowest BCUT2D eigenvalue weighted by Gasteiger charge is -2.27. The molecule has 3 rings (SSSR count). The minimum atomic E-state index is -1.07. The van der Waals surface area contributed by atoms with Crippen LogP contribution in [0.1, 0.15) is 15.9 Å². The van der Waals surface area contributed by atoms with Gasteiger partial charge < -0.3 is 14.8 Å². The number of para-hydroxylation sites is 1. The summed E-state index contributed by atoms with van der Waals surface area (Å²) >= 11 is 2.77. The number of nitrogens with zero attached hydrogens (tertiary/aromatic N) is 2. The van der Waals surface area contributed by atoms with Crippen molar-refractivity contribution in [3.63, 3.8) is 0 Å². The average Bonchev–Trinajstić information content (AvgIpc) is 2.91. The van der Waals surface area contributed by atoms with E-state index in [0.717, 1.165) is 9.90 Å². The average molecular weight is 308 g/mol. The van der Waals surface area contributed by atoms with Crippen LogP contribution < -0.4 is 4.65 Å². The number of hydrogen-bond acceptors (Lipinski definition) is 7. The molecule has 1 atom stereocenters. The first kappa shape index (κ1) is 13.4. The number of aromatic carboxylic acids is 1. The zero-order chi connectivity index (χ0) is 14.1. The largest absolute Gasteiger partial charge is 0.537 e. The van der Waals surface area contributed by atoms with E-state index in [1.807, 2.05) is 0 Å². The number of rotatable bonds is 3. The summed E-state index contributed by atoms with van der Waals surface area (Å²) in [5.74, 6) is -0.814. The van der Waals surface area contributed by atoms with Gasteiger partial charge in [0.1, 0.15) is 11.3 Å². The summed E-state index contributed by atoms with van der Waals surface area (Å²) in [5.41, 5.74) is 2.47. The number of carbonyl (C=O) groups is 1. The molecule has 6 nitrogen and oxygen atoms in total. The van der Waals surface area contributed by atoms with Crippen molar-refractivity contribution in [3.05, 3.63) is 34.8 Å². The van der Waals surface area contributed by atoms with Crippen LogP contribution in [0, 0.1) is 0 Å². The standard InChI is InChI=1S/C11H9BN2O4S2/c15-10(16)7-3-1-2-6-4-8(12(17)18-9(6)7)20-11-14-13-5-19-11/h1-3,5,8,17H,4H2,(H,15,16)/t8-/m0/s1. The minimum Gasteiger partial charge on any atom is -0.535 e. The van der Waals surface area contributed by atoms with Gasteiger partial charge in [-0.1, -0.05) is 35.2 Å². The van der Waals surface area contributed by atoms with Crippen molar-refractivity contribution in [2.24, 2.45) is 0 Å². The lowest BCUT2D eigenvalue weighted by atomic mass is 9.77. The smallest absolute Gasteiger partial charge is 0.535 e. The molecule has 0 fully saturated rings. The van der Waals surface area contributed by atoms with E-state index in [0.29, 0.717) is 6.42 Å². The van der Waals surface area contributed by atoms with Gasteiger partial charge in [0.25, 0.3) is 0 Å². The highest BCUT2D eigenvalue weighted by Crippen LogP contribution is 2.36. The second-order valence-corrected chi connectivity index (χ2v) is 6.49. The van der Waals surface area contributed by atoms with Crippen LogP contribution in [0.4, 0.5) is 0 Å². The van der Waals surface area contributed by atoms with Gasteiger partial charge in [0.05, 0.1) is 10.7 Å². The van der Waals surface area contributed by atoms with Crippen LogP contribution in [0.5, 0.6) is 5.75 Å². The van der Waals surface area contributed by atoms with Crippen LogP contribution in [0.2, 0.25) is 0 Å². The Morgan fingerprint density at radius 2 is 2.40 bits per heavy atom. The third kappa shape index (κ3) is 2.51. The maximum Gasteiger partial charge on any atom is 0.537 e. The monoisotopic (exact) mass is 308 g/mol. The van der Waals surface area contributed by atoms with Crippen LogP contribution in [0.25, 0.3) is 0 Å². The molecule has 0 spiro atoms. The molecule has 2 aromatic rings. The third-order valence-electron chi connectivity index (χ3n) is 2.90. The molecule has 2 N–H and O–H groups in total. The highest BCUT2D eigenvalue weighted by atomic mass is 32.2. The Morgan fingerprint density at radius 1 is 1.55 bits per heavy atom. The van der Waals surface area contributed by atoms with Crippen LogP contribution in [-0.2, 0) is 6.42 Å². The molecular formula is C11H9BN2O4S2. The minimum absolute atomic E-state index is 0.0703. The van der Waals surface area contributed by atoms with Gasteiger partial charge in [-0.05, 0) is 18.1 Å². The second kappa shape index (κ2) is 5.43. The molecule has 1 aliphatic rings. The van der Waals surface area contributed by atoms with Gasteiger partial charge in [0, 0.05) is 0 Å². The number of carboxylic acids is 1. The van der Waals surface area contributed by atoms with Crippen molar-refractivity contribution < 1.29 is 19.6 Å². The Labute approximate surface area is 123 Å². The molecule has 0 bridgehead atoms. The fourth-order valence-corrected chi connectivity index (χ4v) is 3.80. The molecule has 1 aromatic heterocycles. The number of hydrogen-bond donors (Lipinski definition) is 2.